The summed E-state index contributed by atoms with van der Waals surface area (Å²) < 4.78 is 40.8. The molecule has 0 spiro atoms. The Morgan fingerprint density at radius 3 is 2.52 bits per heavy atom. The minimum atomic E-state index is -4.72. The van der Waals surface area contributed by atoms with Crippen LogP contribution >= 0.6 is 24.0 Å². The molecule has 116 valence electrons. The lowest BCUT2D eigenvalue weighted by atomic mass is 10.0. The second-order valence-electron chi connectivity index (χ2n) is 4.60. The van der Waals surface area contributed by atoms with Crippen LogP contribution in [-0.4, -0.2) is 33.0 Å². The lowest BCUT2D eigenvalue weighted by Gasteiger charge is -2.34. The van der Waals surface area contributed by atoms with E-state index in [1.165, 1.54) is 36.0 Å². The number of thioether (sulfide) groups is 1. The van der Waals surface area contributed by atoms with Gasteiger partial charge in [0.25, 0.3) is 0 Å². The molecule has 0 aromatic heterocycles. The summed E-state index contributed by atoms with van der Waals surface area (Å²) in [6.07, 6.45) is -3.92. The molecular formula is C13H14F3NO2S2. The summed E-state index contributed by atoms with van der Waals surface area (Å²) in [6, 6.07) is 5.24. The number of alkyl halides is 3. The summed E-state index contributed by atoms with van der Waals surface area (Å²) in [4.78, 5) is 1.70. The number of ether oxygens (including phenoxy) is 1. The van der Waals surface area contributed by atoms with Crippen LogP contribution in [0.1, 0.15) is 18.9 Å². The number of benzene rings is 1. The minimum absolute atomic E-state index is 0.315. The molecule has 1 fully saturated rings. The zero-order chi connectivity index (χ0) is 15.7. The van der Waals surface area contributed by atoms with Gasteiger partial charge in [-0.05, 0) is 18.6 Å². The van der Waals surface area contributed by atoms with Crippen molar-refractivity contribution in [1.29, 1.82) is 0 Å². The Morgan fingerprint density at radius 2 is 2.00 bits per heavy atom. The van der Waals surface area contributed by atoms with Gasteiger partial charge >= 0.3 is 6.36 Å². The van der Waals surface area contributed by atoms with E-state index in [1.54, 1.807) is 4.90 Å². The number of rotatable bonds is 4. The Balaban J connectivity index is 2.23. The second kappa shape index (κ2) is 6.02. The molecule has 1 N–H and O–H groups in total. The van der Waals surface area contributed by atoms with Crippen LogP contribution in [0.3, 0.4) is 0 Å². The predicted octanol–water partition coefficient (Wildman–Crippen LogP) is 3.47. The van der Waals surface area contributed by atoms with Crippen molar-refractivity contribution >= 4 is 28.3 Å². The number of thiocarbonyl (C=S) groups is 1. The van der Waals surface area contributed by atoms with Crippen molar-refractivity contribution in [3.8, 4) is 5.75 Å². The summed E-state index contributed by atoms with van der Waals surface area (Å²) in [6.45, 7) is 2.55. The minimum Gasteiger partial charge on any atom is -0.406 e. The van der Waals surface area contributed by atoms with E-state index in [4.69, 9.17) is 12.2 Å². The van der Waals surface area contributed by atoms with Crippen LogP contribution in [0.25, 0.3) is 0 Å². The molecule has 1 atom stereocenters. The van der Waals surface area contributed by atoms with Crippen LogP contribution in [0.4, 0.5) is 13.2 Å². The number of halogens is 3. The van der Waals surface area contributed by atoms with E-state index in [1.807, 2.05) is 6.92 Å². The van der Waals surface area contributed by atoms with E-state index in [2.05, 4.69) is 4.74 Å². The number of hydrogen-bond donors (Lipinski definition) is 1. The topological polar surface area (TPSA) is 32.7 Å². The molecule has 0 bridgehead atoms. The Kier molecular flexibility index (Phi) is 4.69. The van der Waals surface area contributed by atoms with Gasteiger partial charge in [-0.2, -0.15) is 0 Å². The quantitative estimate of drug-likeness (QED) is 0.851. The molecule has 2 rings (SSSR count). The Hall–Kier alpha value is -0.990. The van der Waals surface area contributed by atoms with Crippen LogP contribution in [-0.2, 0) is 5.72 Å². The van der Waals surface area contributed by atoms with E-state index >= 15 is 0 Å². The fourth-order valence-corrected chi connectivity index (χ4v) is 3.60. The average Bonchev–Trinajstić information content (AvgIpc) is 2.68. The van der Waals surface area contributed by atoms with Crippen LogP contribution in [0.2, 0.25) is 0 Å². The Morgan fingerprint density at radius 1 is 1.38 bits per heavy atom. The molecule has 3 nitrogen and oxygen atoms in total. The molecular weight excluding hydrogens is 323 g/mol. The van der Waals surface area contributed by atoms with E-state index in [0.29, 0.717) is 22.2 Å². The van der Waals surface area contributed by atoms with Crippen LogP contribution in [0, 0.1) is 0 Å². The molecule has 1 heterocycles. The molecule has 1 aliphatic heterocycles. The maximum Gasteiger partial charge on any atom is 0.573 e. The molecule has 1 aromatic carbocycles. The first-order valence-electron chi connectivity index (χ1n) is 6.29. The normalized spacial score (nSPS) is 22.7. The van der Waals surface area contributed by atoms with Crippen molar-refractivity contribution in [2.24, 2.45) is 0 Å². The molecule has 1 unspecified atom stereocenters. The average molecular weight is 337 g/mol. The van der Waals surface area contributed by atoms with Gasteiger partial charge in [0, 0.05) is 12.1 Å². The first kappa shape index (κ1) is 16.4. The third kappa shape index (κ3) is 3.61. The molecule has 0 radical (unpaired) electrons. The third-order valence-electron chi connectivity index (χ3n) is 3.06. The molecule has 0 amide bonds. The molecule has 1 aromatic rings. The highest BCUT2D eigenvalue weighted by molar-refractivity contribution is 8.23. The van der Waals surface area contributed by atoms with Crippen LogP contribution in [0.5, 0.6) is 5.75 Å². The standard InChI is InChI=1S/C13H14F3NO2S2/c1-2-7-17-11(20)21-8-12(17,18)9-3-5-10(6-4-9)19-13(14,15)16/h3-6,18H,2,7-8H2,1H3. The molecule has 21 heavy (non-hydrogen) atoms. The summed E-state index contributed by atoms with van der Waals surface area (Å²) in [5.41, 5.74) is -0.785. The fourth-order valence-electron chi connectivity index (χ4n) is 2.13. The van der Waals surface area contributed by atoms with Crippen molar-refractivity contribution in [2.45, 2.75) is 25.4 Å². The first-order valence-corrected chi connectivity index (χ1v) is 7.69. The highest BCUT2D eigenvalue weighted by atomic mass is 32.2. The van der Waals surface area contributed by atoms with Crippen molar-refractivity contribution in [3.63, 3.8) is 0 Å². The van der Waals surface area contributed by atoms with E-state index in [0.717, 1.165) is 6.42 Å². The van der Waals surface area contributed by atoms with Gasteiger partial charge < -0.3 is 14.7 Å². The van der Waals surface area contributed by atoms with E-state index in [-0.39, 0.29) is 5.75 Å². The van der Waals surface area contributed by atoms with Crippen molar-refractivity contribution in [2.75, 3.05) is 12.3 Å². The molecule has 0 aliphatic carbocycles. The lowest BCUT2D eigenvalue weighted by molar-refractivity contribution is -0.274. The van der Waals surface area contributed by atoms with Gasteiger partial charge in [-0.3, -0.25) is 0 Å². The van der Waals surface area contributed by atoms with E-state index in [9.17, 15) is 18.3 Å². The van der Waals surface area contributed by atoms with Gasteiger partial charge in [0.05, 0.1) is 5.75 Å². The monoisotopic (exact) mass is 337 g/mol. The first-order chi connectivity index (χ1) is 9.76. The summed E-state index contributed by atoms with van der Waals surface area (Å²) >= 11 is 6.57. The Bertz CT molecular complexity index is 521. The van der Waals surface area contributed by atoms with Crippen LogP contribution < -0.4 is 4.74 Å². The van der Waals surface area contributed by atoms with Gasteiger partial charge in [-0.1, -0.05) is 43.0 Å². The molecule has 1 saturated heterocycles. The molecule has 1 aliphatic rings. The lowest BCUT2D eigenvalue weighted by Crippen LogP contribution is -2.44. The van der Waals surface area contributed by atoms with Crippen molar-refractivity contribution in [1.82, 2.24) is 4.90 Å². The zero-order valence-corrected chi connectivity index (χ0v) is 12.8. The van der Waals surface area contributed by atoms with Crippen molar-refractivity contribution in [3.05, 3.63) is 29.8 Å². The number of aliphatic hydroxyl groups is 1. The summed E-state index contributed by atoms with van der Waals surface area (Å²) in [7, 11) is 0. The largest absolute Gasteiger partial charge is 0.573 e. The van der Waals surface area contributed by atoms with Gasteiger partial charge in [0.1, 0.15) is 10.1 Å². The summed E-state index contributed by atoms with van der Waals surface area (Å²) in [5, 5.41) is 10.8. The van der Waals surface area contributed by atoms with Crippen molar-refractivity contribution < 1.29 is 23.0 Å². The van der Waals surface area contributed by atoms with Crippen LogP contribution in [0.15, 0.2) is 24.3 Å². The van der Waals surface area contributed by atoms with Gasteiger partial charge in [-0.25, -0.2) is 0 Å². The van der Waals surface area contributed by atoms with Gasteiger partial charge in [-0.15, -0.1) is 13.2 Å². The highest BCUT2D eigenvalue weighted by Gasteiger charge is 2.43. The predicted molar refractivity (Wildman–Crippen MR) is 79.1 cm³/mol. The fraction of sp³-hybridized carbons (Fsp3) is 0.462. The maximum absolute atomic E-state index is 12.1. The molecule has 0 saturated carbocycles. The highest BCUT2D eigenvalue weighted by Crippen LogP contribution is 2.39. The van der Waals surface area contributed by atoms with Gasteiger partial charge in [0.2, 0.25) is 0 Å². The zero-order valence-electron chi connectivity index (χ0n) is 11.2. The maximum atomic E-state index is 12.1. The second-order valence-corrected chi connectivity index (χ2v) is 6.20. The summed E-state index contributed by atoms with van der Waals surface area (Å²) in [5.74, 6) is 0.0378. The smallest absolute Gasteiger partial charge is 0.406 e. The number of hydrogen-bond acceptors (Lipinski definition) is 4. The SMILES string of the molecule is CCCN1C(=S)SCC1(O)c1ccc(OC(F)(F)F)cc1. The third-order valence-corrected chi connectivity index (χ3v) is 4.65. The molecule has 8 heteroatoms. The van der Waals surface area contributed by atoms with Gasteiger partial charge in [0.15, 0.2) is 5.72 Å². The van der Waals surface area contributed by atoms with E-state index < -0.39 is 12.1 Å². The Labute approximate surface area is 130 Å². The number of nitrogens with zero attached hydrogens (tertiary/aromatic N) is 1.